The van der Waals surface area contributed by atoms with Gasteiger partial charge in [0.15, 0.2) is 0 Å². The maximum absolute atomic E-state index is 11.9. The van der Waals surface area contributed by atoms with Gasteiger partial charge in [0.1, 0.15) is 5.60 Å². The summed E-state index contributed by atoms with van der Waals surface area (Å²) < 4.78 is 5.31. The van der Waals surface area contributed by atoms with Crippen molar-refractivity contribution in [3.05, 3.63) is 0 Å². The summed E-state index contributed by atoms with van der Waals surface area (Å²) in [6.07, 6.45) is -0.385. The Morgan fingerprint density at radius 3 is 2.21 bits per heavy atom. The van der Waals surface area contributed by atoms with Crippen LogP contribution >= 0.6 is 0 Å². The fraction of sp³-hybridized carbons (Fsp3) is 0.857. The van der Waals surface area contributed by atoms with Crippen LogP contribution in [-0.4, -0.2) is 28.3 Å². The summed E-state index contributed by atoms with van der Waals surface area (Å²) in [5.41, 5.74) is -1.17. The molecule has 0 aromatic rings. The number of nitrogens with one attached hydrogen (secondary N) is 1. The summed E-state index contributed by atoms with van der Waals surface area (Å²) in [7, 11) is 0. The zero-order chi connectivity index (χ0) is 13.5. The number of carboxylic acid groups (broad SMARTS) is 1. The number of rotatable bonds is 2. The van der Waals surface area contributed by atoms with Crippen LogP contribution in [0, 0.1) is 40.9 Å². The van der Waals surface area contributed by atoms with E-state index >= 15 is 0 Å². The van der Waals surface area contributed by atoms with Crippen LogP contribution in [0.5, 0.6) is 0 Å². The number of carbonyl (C=O) groups is 2. The first kappa shape index (κ1) is 10.5. The van der Waals surface area contributed by atoms with Crippen LogP contribution in [0.3, 0.4) is 0 Å². The molecule has 19 heavy (non-hydrogen) atoms. The number of hydrogen-bond donors (Lipinski definition) is 2. The van der Waals surface area contributed by atoms with E-state index in [4.69, 9.17) is 4.74 Å². The average Bonchev–Trinajstić information content (AvgIpc) is 2.25. The molecular formula is C14H17NO4. The van der Waals surface area contributed by atoms with Crippen LogP contribution < -0.4 is 5.32 Å². The Hall–Kier alpha value is -1.26. The maximum Gasteiger partial charge on any atom is 0.408 e. The second-order valence-electron chi connectivity index (χ2n) is 7.96. The molecule has 5 nitrogen and oxygen atoms in total. The van der Waals surface area contributed by atoms with Crippen molar-refractivity contribution in [2.45, 2.75) is 31.9 Å². The van der Waals surface area contributed by atoms with Gasteiger partial charge in [0.25, 0.3) is 0 Å². The Morgan fingerprint density at radius 2 is 1.74 bits per heavy atom. The summed E-state index contributed by atoms with van der Waals surface area (Å²) >= 11 is 0. The molecule has 5 heteroatoms. The molecule has 0 aromatic carbocycles. The highest BCUT2D eigenvalue weighted by molar-refractivity contribution is 5.89. The molecule has 6 rings (SSSR count). The molecule has 0 saturated heterocycles. The summed E-state index contributed by atoms with van der Waals surface area (Å²) in [6.45, 7) is 5.51. The van der Waals surface area contributed by atoms with E-state index in [0.29, 0.717) is 23.7 Å². The number of hydrogen-bond acceptors (Lipinski definition) is 3. The molecule has 0 aliphatic heterocycles. The Morgan fingerprint density at radius 1 is 1.16 bits per heavy atom. The molecule has 0 spiro atoms. The molecule has 6 aliphatic carbocycles. The number of amides is 1. The van der Waals surface area contributed by atoms with Gasteiger partial charge in [0.05, 0.1) is 11.0 Å². The third-order valence-corrected chi connectivity index (χ3v) is 6.68. The minimum atomic E-state index is -0.639. The van der Waals surface area contributed by atoms with Gasteiger partial charge in [-0.15, -0.1) is 0 Å². The number of aliphatic carboxylic acids is 1. The molecule has 1 amide bonds. The van der Waals surface area contributed by atoms with Crippen molar-refractivity contribution in [1.82, 2.24) is 5.32 Å². The van der Waals surface area contributed by atoms with Crippen molar-refractivity contribution in [1.29, 1.82) is 0 Å². The highest BCUT2D eigenvalue weighted by Crippen LogP contribution is 3.06. The van der Waals surface area contributed by atoms with Crippen molar-refractivity contribution in [3.63, 3.8) is 0 Å². The lowest BCUT2D eigenvalue weighted by Gasteiger charge is -3.09. The molecule has 4 atom stereocenters. The molecule has 102 valence electrons. The van der Waals surface area contributed by atoms with Crippen molar-refractivity contribution in [3.8, 4) is 0 Å². The van der Waals surface area contributed by atoms with Crippen LogP contribution in [0.1, 0.15) is 20.8 Å². The SMILES string of the molecule is CC(C)(C)OC(=O)NC12C3C4C5C3C1C5(C(=O)O)C42. The first-order valence-electron chi connectivity index (χ1n) is 7.02. The van der Waals surface area contributed by atoms with Crippen LogP contribution in [0.4, 0.5) is 4.79 Å². The van der Waals surface area contributed by atoms with Gasteiger partial charge in [-0.05, 0) is 44.4 Å². The van der Waals surface area contributed by atoms with Gasteiger partial charge in [-0.2, -0.15) is 0 Å². The third kappa shape index (κ3) is 0.651. The molecule has 6 aliphatic rings. The predicted molar refractivity (Wildman–Crippen MR) is 63.1 cm³/mol. The molecule has 4 unspecified atom stereocenters. The Labute approximate surface area is 110 Å². The van der Waals surface area contributed by atoms with Crippen molar-refractivity contribution < 1.29 is 19.4 Å². The maximum atomic E-state index is 11.9. The quantitative estimate of drug-likeness (QED) is 0.782. The smallest absolute Gasteiger partial charge is 0.408 e. The first-order valence-corrected chi connectivity index (χ1v) is 7.02. The van der Waals surface area contributed by atoms with Gasteiger partial charge >= 0.3 is 12.1 Å². The third-order valence-electron chi connectivity index (χ3n) is 6.68. The molecule has 6 saturated carbocycles. The minimum Gasteiger partial charge on any atom is -0.481 e. The fourth-order valence-electron chi connectivity index (χ4n) is 6.76. The number of ether oxygens (including phenoxy) is 1. The highest BCUT2D eigenvalue weighted by atomic mass is 16.6. The Balaban J connectivity index is 1.38. The second-order valence-corrected chi connectivity index (χ2v) is 7.96. The van der Waals surface area contributed by atoms with Crippen LogP contribution in [0.2, 0.25) is 0 Å². The van der Waals surface area contributed by atoms with Gasteiger partial charge in [0, 0.05) is 11.8 Å². The average molecular weight is 263 g/mol. The van der Waals surface area contributed by atoms with Gasteiger partial charge in [-0.25, -0.2) is 4.79 Å². The lowest BCUT2D eigenvalue weighted by atomic mass is 8.94. The molecule has 0 heterocycles. The van der Waals surface area contributed by atoms with E-state index in [9.17, 15) is 14.7 Å². The van der Waals surface area contributed by atoms with Crippen LogP contribution in [-0.2, 0) is 9.53 Å². The normalized spacial score (nSPS) is 60.4. The van der Waals surface area contributed by atoms with Crippen LogP contribution in [0.15, 0.2) is 0 Å². The van der Waals surface area contributed by atoms with E-state index in [0.717, 1.165) is 0 Å². The summed E-state index contributed by atoms with van der Waals surface area (Å²) in [5, 5.41) is 12.5. The van der Waals surface area contributed by atoms with Crippen molar-refractivity contribution in [2.24, 2.45) is 40.9 Å². The van der Waals surface area contributed by atoms with E-state index < -0.39 is 17.0 Å². The molecular weight excluding hydrogens is 246 g/mol. The lowest BCUT2D eigenvalue weighted by Crippen LogP contribution is -3.16. The van der Waals surface area contributed by atoms with E-state index in [1.807, 2.05) is 20.8 Å². The summed E-state index contributed by atoms with van der Waals surface area (Å²) in [5.74, 6) is 1.90. The van der Waals surface area contributed by atoms with Crippen molar-refractivity contribution in [2.75, 3.05) is 0 Å². The van der Waals surface area contributed by atoms with E-state index in [-0.39, 0.29) is 23.5 Å². The van der Waals surface area contributed by atoms with Gasteiger partial charge in [0.2, 0.25) is 0 Å². The van der Waals surface area contributed by atoms with E-state index in [1.165, 1.54) is 0 Å². The van der Waals surface area contributed by atoms with E-state index in [1.54, 1.807) is 0 Å². The number of carboxylic acids is 1. The first-order chi connectivity index (χ1) is 8.78. The molecule has 0 aromatic heterocycles. The molecule has 2 N–H and O–H groups in total. The molecule has 6 fully saturated rings. The van der Waals surface area contributed by atoms with E-state index in [2.05, 4.69) is 5.32 Å². The molecule has 0 radical (unpaired) electrons. The zero-order valence-corrected chi connectivity index (χ0v) is 11.1. The summed E-state index contributed by atoms with van der Waals surface area (Å²) in [6, 6.07) is 0. The Bertz CT molecular complexity index is 542. The lowest BCUT2D eigenvalue weighted by molar-refractivity contribution is -0.609. The largest absolute Gasteiger partial charge is 0.481 e. The highest BCUT2D eigenvalue weighted by Gasteiger charge is 3.12. The van der Waals surface area contributed by atoms with Gasteiger partial charge < -0.3 is 15.2 Å². The topological polar surface area (TPSA) is 75.6 Å². The number of alkyl carbamates (subject to hydrolysis) is 1. The zero-order valence-electron chi connectivity index (χ0n) is 11.1. The van der Waals surface area contributed by atoms with Gasteiger partial charge in [-0.3, -0.25) is 4.79 Å². The minimum absolute atomic E-state index is 0.190. The molecule has 0 bridgehead atoms. The standard InChI is InChI=1S/C14H17NO4/c1-12(2,3)19-11(18)15-14-7-4-6-5(7)9(14)13(6,8(4)14)10(16)17/h4-9H,1-3H3,(H,15,18)(H,16,17). The monoisotopic (exact) mass is 263 g/mol. The second kappa shape index (κ2) is 2.27. The number of carbonyl (C=O) groups excluding carboxylic acids is 1. The Kier molecular flexibility index (Phi) is 1.26. The fourth-order valence-corrected chi connectivity index (χ4v) is 6.76. The van der Waals surface area contributed by atoms with Crippen molar-refractivity contribution >= 4 is 12.1 Å². The predicted octanol–water partition coefficient (Wildman–Crippen LogP) is 1.09. The van der Waals surface area contributed by atoms with Crippen LogP contribution in [0.25, 0.3) is 0 Å². The van der Waals surface area contributed by atoms with Gasteiger partial charge in [-0.1, -0.05) is 0 Å². The summed E-state index contributed by atoms with van der Waals surface area (Å²) in [4.78, 5) is 23.4.